The van der Waals surface area contributed by atoms with Crippen molar-refractivity contribution < 1.29 is 23.5 Å². The predicted molar refractivity (Wildman–Crippen MR) is 104 cm³/mol. The minimum atomic E-state index is -0.611. The van der Waals surface area contributed by atoms with E-state index in [-0.39, 0.29) is 30.4 Å². The molecule has 2 aromatic heterocycles. The van der Waals surface area contributed by atoms with Gasteiger partial charge in [0.15, 0.2) is 16.7 Å². The largest absolute Gasteiger partial charge is 0.427 e. The Labute approximate surface area is 162 Å². The first kappa shape index (κ1) is 21.0. The number of nitrogens with two attached hydrogens (primary N) is 1. The van der Waals surface area contributed by atoms with Crippen LogP contribution in [0.3, 0.4) is 0 Å². The Morgan fingerprint density at radius 2 is 1.93 bits per heavy atom. The number of esters is 1. The van der Waals surface area contributed by atoms with Gasteiger partial charge >= 0.3 is 5.97 Å². The van der Waals surface area contributed by atoms with Gasteiger partial charge in [0.25, 0.3) is 5.95 Å². The van der Waals surface area contributed by atoms with Crippen LogP contribution in [0.5, 0.6) is 5.95 Å². The molecule has 0 saturated heterocycles. The summed E-state index contributed by atoms with van der Waals surface area (Å²) in [4.78, 5) is 29.2. The molecule has 0 fully saturated rings. The first-order chi connectivity index (χ1) is 12.7. The zero-order chi connectivity index (χ0) is 20.2. The summed E-state index contributed by atoms with van der Waals surface area (Å²) in [6.07, 6.45) is 1.50. The lowest BCUT2D eigenvalue weighted by atomic mass is 9.96. The van der Waals surface area contributed by atoms with Crippen LogP contribution in [-0.4, -0.2) is 23.5 Å². The zero-order valence-electron chi connectivity index (χ0n) is 16.3. The Balaban J connectivity index is 2.12. The van der Waals surface area contributed by atoms with Crippen LogP contribution in [0, 0.1) is 11.3 Å². The van der Waals surface area contributed by atoms with Gasteiger partial charge in [-0.25, -0.2) is 4.98 Å². The smallest absolute Gasteiger partial charge is 0.314 e. The van der Waals surface area contributed by atoms with E-state index in [9.17, 15) is 9.59 Å². The molecular formula is C19H26N2O5S. The van der Waals surface area contributed by atoms with E-state index in [0.717, 1.165) is 24.2 Å². The fourth-order valence-electron chi connectivity index (χ4n) is 2.40. The summed E-state index contributed by atoms with van der Waals surface area (Å²) < 4.78 is 16.0. The van der Waals surface area contributed by atoms with Gasteiger partial charge in [0, 0.05) is 12.0 Å². The third kappa shape index (κ3) is 5.09. The second-order valence-electron chi connectivity index (χ2n) is 7.17. The number of furan rings is 1. The lowest BCUT2D eigenvalue weighted by molar-refractivity contribution is -0.160. The van der Waals surface area contributed by atoms with Gasteiger partial charge in [0.1, 0.15) is 10.6 Å². The van der Waals surface area contributed by atoms with Crippen LogP contribution in [0.25, 0.3) is 11.5 Å². The molecule has 2 rings (SSSR count). The first-order valence-electron chi connectivity index (χ1n) is 8.88. The van der Waals surface area contributed by atoms with E-state index >= 15 is 0 Å². The van der Waals surface area contributed by atoms with E-state index in [1.807, 2.05) is 13.8 Å². The second kappa shape index (κ2) is 8.56. The molecule has 0 unspecified atom stereocenters. The van der Waals surface area contributed by atoms with E-state index < -0.39 is 5.41 Å². The summed E-state index contributed by atoms with van der Waals surface area (Å²) in [6, 6.07) is 3.24. The van der Waals surface area contributed by atoms with Crippen molar-refractivity contribution in [3.8, 4) is 17.4 Å². The summed E-state index contributed by atoms with van der Waals surface area (Å²) >= 11 is 1.16. The molecule has 0 radical (unpaired) electrons. The molecule has 148 valence electrons. The van der Waals surface area contributed by atoms with Crippen LogP contribution in [-0.2, 0) is 9.53 Å². The third-order valence-corrected chi connectivity index (χ3v) is 4.94. The number of Topliss-reactive ketones (excluding diaryl/α,β-unsaturated/α-hetero) is 1. The van der Waals surface area contributed by atoms with Gasteiger partial charge in [0.05, 0.1) is 5.41 Å². The van der Waals surface area contributed by atoms with Gasteiger partial charge in [-0.15, -0.1) is 0 Å². The van der Waals surface area contributed by atoms with Crippen molar-refractivity contribution in [2.45, 2.75) is 47.5 Å². The number of nitrogen functional groups attached to an aromatic ring is 1. The van der Waals surface area contributed by atoms with E-state index in [2.05, 4.69) is 4.98 Å². The lowest BCUT2D eigenvalue weighted by Gasteiger charge is -2.15. The number of nitrogens with zero attached hydrogens (tertiary/aromatic N) is 1. The number of carbonyl (C=O) groups is 2. The monoisotopic (exact) mass is 394 g/mol. The maximum atomic E-state index is 12.7. The first-order valence-corrected chi connectivity index (χ1v) is 9.69. The van der Waals surface area contributed by atoms with Crippen molar-refractivity contribution in [3.63, 3.8) is 0 Å². The Kier molecular flexibility index (Phi) is 6.64. The summed E-state index contributed by atoms with van der Waals surface area (Å²) in [5.74, 6) is 0.112. The number of ether oxygens (including phenoxy) is 2. The second-order valence-corrected chi connectivity index (χ2v) is 8.20. The van der Waals surface area contributed by atoms with Crippen LogP contribution < -0.4 is 10.5 Å². The standard InChI is InChI=1S/C19H26N2O5S/c1-6-11(7-2)15(22)16-14(21-18(20)27-16)12-8-9-13(26-12)24-10-25-17(23)19(3,4)5/h8-9,11H,6-7,10H2,1-5H3,(H2,20,21). The average molecular weight is 394 g/mol. The quantitative estimate of drug-likeness (QED) is 0.398. The van der Waals surface area contributed by atoms with Crippen LogP contribution in [0.4, 0.5) is 5.13 Å². The molecule has 0 aliphatic rings. The minimum absolute atomic E-state index is 0.0159. The normalized spacial score (nSPS) is 11.6. The van der Waals surface area contributed by atoms with E-state index in [4.69, 9.17) is 19.6 Å². The Morgan fingerprint density at radius 1 is 1.26 bits per heavy atom. The van der Waals surface area contributed by atoms with E-state index in [0.29, 0.717) is 21.5 Å². The molecule has 0 saturated carbocycles. The summed E-state index contributed by atoms with van der Waals surface area (Å²) in [6.45, 7) is 8.96. The fraction of sp³-hybridized carbons (Fsp3) is 0.526. The Bertz CT molecular complexity index is 799. The van der Waals surface area contributed by atoms with Crippen LogP contribution in [0.2, 0.25) is 0 Å². The molecular weight excluding hydrogens is 368 g/mol. The maximum Gasteiger partial charge on any atom is 0.314 e. The summed E-state index contributed by atoms with van der Waals surface area (Å²) in [7, 11) is 0. The van der Waals surface area contributed by atoms with Gasteiger partial charge in [-0.3, -0.25) is 9.59 Å². The van der Waals surface area contributed by atoms with Gasteiger partial charge in [0.2, 0.25) is 6.79 Å². The molecule has 2 aromatic rings. The van der Waals surface area contributed by atoms with Crippen molar-refractivity contribution in [3.05, 3.63) is 17.0 Å². The number of rotatable bonds is 8. The van der Waals surface area contributed by atoms with Gasteiger partial charge in [-0.1, -0.05) is 25.2 Å². The van der Waals surface area contributed by atoms with Crippen LogP contribution in [0.15, 0.2) is 16.5 Å². The molecule has 0 aliphatic carbocycles. The van der Waals surface area contributed by atoms with Crippen molar-refractivity contribution in [2.24, 2.45) is 11.3 Å². The highest BCUT2D eigenvalue weighted by Gasteiger charge is 2.26. The maximum absolute atomic E-state index is 12.7. The highest BCUT2D eigenvalue weighted by atomic mass is 32.1. The fourth-order valence-corrected chi connectivity index (χ4v) is 3.25. The molecule has 2 N–H and O–H groups in total. The van der Waals surface area contributed by atoms with Crippen molar-refractivity contribution >= 4 is 28.2 Å². The molecule has 2 heterocycles. The molecule has 0 spiro atoms. The molecule has 0 aliphatic heterocycles. The van der Waals surface area contributed by atoms with Gasteiger partial charge in [-0.05, 0) is 39.7 Å². The van der Waals surface area contributed by atoms with Crippen LogP contribution >= 0.6 is 11.3 Å². The SMILES string of the molecule is CCC(CC)C(=O)c1sc(N)nc1-c1ccc(OCOC(=O)C(C)(C)C)o1. The number of thiazole rings is 1. The van der Waals surface area contributed by atoms with Gasteiger partial charge in [-0.2, -0.15) is 0 Å². The molecule has 8 heteroatoms. The number of carbonyl (C=O) groups excluding carboxylic acids is 2. The predicted octanol–water partition coefficient (Wildman–Crippen LogP) is 4.53. The summed E-state index contributed by atoms with van der Waals surface area (Å²) in [5, 5.41) is 0.303. The Hall–Kier alpha value is -2.35. The van der Waals surface area contributed by atoms with Crippen molar-refractivity contribution in [1.29, 1.82) is 0 Å². The molecule has 0 bridgehead atoms. The highest BCUT2D eigenvalue weighted by molar-refractivity contribution is 7.17. The van der Waals surface area contributed by atoms with Crippen molar-refractivity contribution in [1.82, 2.24) is 4.98 Å². The minimum Gasteiger partial charge on any atom is -0.427 e. The lowest BCUT2D eigenvalue weighted by Crippen LogP contribution is -2.24. The molecule has 7 nitrogen and oxygen atoms in total. The Morgan fingerprint density at radius 3 is 2.52 bits per heavy atom. The number of aromatic nitrogens is 1. The topological polar surface area (TPSA) is 105 Å². The molecule has 0 aromatic carbocycles. The molecule has 0 atom stereocenters. The van der Waals surface area contributed by atoms with Crippen molar-refractivity contribution in [2.75, 3.05) is 12.5 Å². The van der Waals surface area contributed by atoms with Crippen LogP contribution in [0.1, 0.15) is 57.1 Å². The number of hydrogen-bond acceptors (Lipinski definition) is 8. The number of ketones is 1. The third-order valence-electron chi connectivity index (χ3n) is 4.04. The molecule has 0 amide bonds. The van der Waals surface area contributed by atoms with E-state index in [1.54, 1.807) is 32.9 Å². The van der Waals surface area contributed by atoms with E-state index in [1.165, 1.54) is 0 Å². The summed E-state index contributed by atoms with van der Waals surface area (Å²) in [5.41, 5.74) is 5.63. The average Bonchev–Trinajstić information content (AvgIpc) is 3.21. The number of hydrogen-bond donors (Lipinski definition) is 1. The highest BCUT2D eigenvalue weighted by Crippen LogP contribution is 2.35. The molecule has 27 heavy (non-hydrogen) atoms. The zero-order valence-corrected chi connectivity index (χ0v) is 17.1. The number of anilines is 1. The van der Waals surface area contributed by atoms with Gasteiger partial charge < -0.3 is 19.6 Å².